The second-order valence-corrected chi connectivity index (χ2v) is 7.75. The van der Waals surface area contributed by atoms with Crippen LogP contribution in [-0.2, 0) is 11.3 Å². The molecule has 6 heteroatoms. The zero-order valence-electron chi connectivity index (χ0n) is 17.0. The van der Waals surface area contributed by atoms with Crippen molar-refractivity contribution in [2.24, 2.45) is 0 Å². The van der Waals surface area contributed by atoms with Gasteiger partial charge in [-0.2, -0.15) is 5.26 Å². The number of rotatable bonds is 7. The SMILES string of the molecule is Cc1cccc(C[NH+]2CC[NH+](CC(=O)N(CCC#N)c3ccccc3F)CC2)c1. The summed E-state index contributed by atoms with van der Waals surface area (Å²) in [6, 6.07) is 16.9. The topological polar surface area (TPSA) is 53.0 Å². The first-order valence-electron chi connectivity index (χ1n) is 10.2. The number of para-hydroxylation sites is 1. The molecule has 2 N–H and O–H groups in total. The summed E-state index contributed by atoms with van der Waals surface area (Å²) < 4.78 is 14.2. The first-order valence-corrected chi connectivity index (χ1v) is 10.2. The Labute approximate surface area is 171 Å². The smallest absolute Gasteiger partial charge is 0.282 e. The number of benzene rings is 2. The van der Waals surface area contributed by atoms with Gasteiger partial charge in [0, 0.05) is 12.1 Å². The van der Waals surface area contributed by atoms with Gasteiger partial charge in [0.1, 0.15) is 38.5 Å². The lowest BCUT2D eigenvalue weighted by Gasteiger charge is -2.31. The lowest BCUT2D eigenvalue weighted by molar-refractivity contribution is -1.02. The van der Waals surface area contributed by atoms with Crippen LogP contribution in [0, 0.1) is 24.1 Å². The Kier molecular flexibility index (Phi) is 7.34. The lowest BCUT2D eigenvalue weighted by Crippen LogP contribution is -3.28. The minimum atomic E-state index is -0.429. The Morgan fingerprint density at radius 3 is 2.52 bits per heavy atom. The molecule has 0 saturated carbocycles. The van der Waals surface area contributed by atoms with E-state index in [9.17, 15) is 9.18 Å². The summed E-state index contributed by atoms with van der Waals surface area (Å²) >= 11 is 0. The van der Waals surface area contributed by atoms with Crippen molar-refractivity contribution in [3.63, 3.8) is 0 Å². The molecule has 1 aliphatic heterocycles. The van der Waals surface area contributed by atoms with E-state index in [1.54, 1.807) is 18.2 Å². The molecule has 3 rings (SSSR count). The number of carbonyl (C=O) groups is 1. The molecule has 1 amide bonds. The average Bonchev–Trinajstić information content (AvgIpc) is 2.71. The Hall–Kier alpha value is -2.75. The Balaban J connectivity index is 1.56. The van der Waals surface area contributed by atoms with E-state index in [-0.39, 0.29) is 24.6 Å². The molecule has 0 unspecified atom stereocenters. The van der Waals surface area contributed by atoms with Gasteiger partial charge in [-0.1, -0.05) is 42.0 Å². The first-order chi connectivity index (χ1) is 14.1. The monoisotopic (exact) mass is 396 g/mol. The summed E-state index contributed by atoms with van der Waals surface area (Å²) in [7, 11) is 0. The van der Waals surface area contributed by atoms with Gasteiger partial charge in [-0.15, -0.1) is 0 Å². The maximum atomic E-state index is 14.2. The van der Waals surface area contributed by atoms with Crippen molar-refractivity contribution in [2.75, 3.05) is 44.2 Å². The lowest BCUT2D eigenvalue weighted by atomic mass is 10.1. The highest BCUT2D eigenvalue weighted by Crippen LogP contribution is 2.18. The third-order valence-electron chi connectivity index (χ3n) is 5.49. The van der Waals surface area contributed by atoms with Gasteiger partial charge in [0.2, 0.25) is 0 Å². The number of anilines is 1. The maximum Gasteiger partial charge on any atom is 0.282 e. The van der Waals surface area contributed by atoms with Gasteiger partial charge in [0.05, 0.1) is 18.2 Å². The van der Waals surface area contributed by atoms with E-state index < -0.39 is 5.82 Å². The van der Waals surface area contributed by atoms with Crippen LogP contribution in [0.2, 0.25) is 0 Å². The Morgan fingerprint density at radius 2 is 1.83 bits per heavy atom. The number of amides is 1. The molecule has 2 aromatic carbocycles. The highest BCUT2D eigenvalue weighted by molar-refractivity contribution is 5.94. The number of quaternary nitrogens is 2. The molecule has 5 nitrogen and oxygen atoms in total. The number of nitriles is 1. The van der Waals surface area contributed by atoms with Crippen LogP contribution in [0.1, 0.15) is 17.5 Å². The Morgan fingerprint density at radius 1 is 1.10 bits per heavy atom. The number of nitrogens with one attached hydrogen (secondary N) is 2. The fourth-order valence-corrected chi connectivity index (χ4v) is 3.94. The predicted molar refractivity (Wildman–Crippen MR) is 110 cm³/mol. The van der Waals surface area contributed by atoms with Crippen LogP contribution >= 0.6 is 0 Å². The molecule has 0 aliphatic carbocycles. The molecule has 29 heavy (non-hydrogen) atoms. The van der Waals surface area contributed by atoms with Crippen LogP contribution in [0.15, 0.2) is 48.5 Å². The molecule has 0 spiro atoms. The number of piperazine rings is 1. The summed E-state index contributed by atoms with van der Waals surface area (Å²) in [5, 5.41) is 8.91. The number of hydrogen-bond acceptors (Lipinski definition) is 2. The van der Waals surface area contributed by atoms with E-state index in [0.717, 1.165) is 32.7 Å². The molecule has 0 aromatic heterocycles. The van der Waals surface area contributed by atoms with Crippen molar-refractivity contribution in [1.29, 1.82) is 5.26 Å². The van der Waals surface area contributed by atoms with E-state index in [0.29, 0.717) is 6.54 Å². The predicted octanol–water partition coefficient (Wildman–Crippen LogP) is 0.364. The fraction of sp³-hybridized carbons (Fsp3) is 0.391. The number of nitrogens with zero attached hydrogens (tertiary/aromatic N) is 2. The van der Waals surface area contributed by atoms with E-state index in [1.807, 2.05) is 0 Å². The van der Waals surface area contributed by atoms with Crippen molar-refractivity contribution in [3.05, 3.63) is 65.5 Å². The molecule has 0 atom stereocenters. The molecule has 0 bridgehead atoms. The summed E-state index contributed by atoms with van der Waals surface area (Å²) in [6.07, 6.45) is 0.184. The first kappa shape index (κ1) is 21.0. The fourth-order valence-electron chi connectivity index (χ4n) is 3.94. The van der Waals surface area contributed by atoms with E-state index in [2.05, 4.69) is 37.3 Å². The molecule has 1 saturated heterocycles. The largest absolute Gasteiger partial charge is 0.322 e. The van der Waals surface area contributed by atoms with Crippen molar-refractivity contribution >= 4 is 11.6 Å². The van der Waals surface area contributed by atoms with Crippen molar-refractivity contribution in [3.8, 4) is 6.07 Å². The minimum Gasteiger partial charge on any atom is -0.322 e. The van der Waals surface area contributed by atoms with Gasteiger partial charge in [-0.05, 0) is 19.1 Å². The molecule has 2 aromatic rings. The quantitative estimate of drug-likeness (QED) is 0.710. The molecule has 1 heterocycles. The van der Waals surface area contributed by atoms with Crippen molar-refractivity contribution in [2.45, 2.75) is 19.9 Å². The van der Waals surface area contributed by atoms with Gasteiger partial charge >= 0.3 is 0 Å². The summed E-state index contributed by atoms with van der Waals surface area (Å²) in [4.78, 5) is 17.1. The zero-order chi connectivity index (χ0) is 20.6. The summed E-state index contributed by atoms with van der Waals surface area (Å²) in [6.45, 7) is 7.51. The molecular weight excluding hydrogens is 367 g/mol. The number of hydrogen-bond donors (Lipinski definition) is 2. The molecular formula is C23H29FN4O+2. The number of carbonyl (C=O) groups excluding carboxylic acids is 1. The van der Waals surface area contributed by atoms with Gasteiger partial charge in [-0.3, -0.25) is 4.79 Å². The standard InChI is InChI=1S/C23H27FN4O/c1-19-6-4-7-20(16-19)17-26-12-14-27(15-13-26)18-23(29)28(11-5-10-25)22-9-3-2-8-21(22)24/h2-4,6-9,16H,5,11-15,17-18H2,1H3/p+2. The molecule has 1 aliphatic rings. The second kappa shape index (κ2) is 10.1. The van der Waals surface area contributed by atoms with Crippen LogP contribution in [0.5, 0.6) is 0 Å². The molecule has 1 fully saturated rings. The molecule has 0 radical (unpaired) electrons. The number of aryl methyl sites for hydroxylation is 1. The normalized spacial score (nSPS) is 18.8. The highest BCUT2D eigenvalue weighted by Gasteiger charge is 2.28. The van der Waals surface area contributed by atoms with Crippen LogP contribution in [0.25, 0.3) is 0 Å². The maximum absolute atomic E-state index is 14.2. The van der Waals surface area contributed by atoms with Crippen LogP contribution < -0.4 is 14.7 Å². The third kappa shape index (κ3) is 5.86. The van der Waals surface area contributed by atoms with E-state index in [4.69, 9.17) is 5.26 Å². The summed E-state index contributed by atoms with van der Waals surface area (Å²) in [5.74, 6) is -0.552. The van der Waals surface area contributed by atoms with Gasteiger partial charge in [0.25, 0.3) is 5.91 Å². The van der Waals surface area contributed by atoms with Crippen LogP contribution in [-0.4, -0.2) is 45.2 Å². The number of halogens is 1. The van der Waals surface area contributed by atoms with Gasteiger partial charge < -0.3 is 14.7 Å². The third-order valence-corrected chi connectivity index (χ3v) is 5.49. The minimum absolute atomic E-state index is 0.123. The highest BCUT2D eigenvalue weighted by atomic mass is 19.1. The van der Waals surface area contributed by atoms with Gasteiger partial charge in [0.15, 0.2) is 6.54 Å². The summed E-state index contributed by atoms with van der Waals surface area (Å²) in [5.41, 5.74) is 2.89. The van der Waals surface area contributed by atoms with Crippen molar-refractivity contribution < 1.29 is 19.0 Å². The molecule has 152 valence electrons. The van der Waals surface area contributed by atoms with E-state index in [1.165, 1.54) is 31.9 Å². The van der Waals surface area contributed by atoms with E-state index >= 15 is 0 Å². The van der Waals surface area contributed by atoms with Crippen LogP contribution in [0.3, 0.4) is 0 Å². The van der Waals surface area contributed by atoms with Crippen LogP contribution in [0.4, 0.5) is 10.1 Å². The Bertz CT molecular complexity index is 871. The van der Waals surface area contributed by atoms with Gasteiger partial charge in [-0.25, -0.2) is 4.39 Å². The second-order valence-electron chi connectivity index (χ2n) is 7.75. The average molecular weight is 397 g/mol. The zero-order valence-corrected chi connectivity index (χ0v) is 17.0. The van der Waals surface area contributed by atoms with Crippen molar-refractivity contribution in [1.82, 2.24) is 0 Å².